The first-order valence-corrected chi connectivity index (χ1v) is 8.94. The minimum absolute atomic E-state index is 0.213. The maximum atomic E-state index is 3.69. The van der Waals surface area contributed by atoms with E-state index < -0.39 is 0 Å². The Bertz CT molecular complexity index is 889. The van der Waals surface area contributed by atoms with Gasteiger partial charge in [-0.25, -0.2) is 0 Å². The van der Waals surface area contributed by atoms with Crippen LogP contribution in [0.3, 0.4) is 0 Å². The van der Waals surface area contributed by atoms with Gasteiger partial charge in [0.25, 0.3) is 0 Å². The van der Waals surface area contributed by atoms with E-state index in [1.54, 1.807) is 5.56 Å². The van der Waals surface area contributed by atoms with Crippen molar-refractivity contribution in [1.82, 2.24) is 0 Å². The van der Waals surface area contributed by atoms with Crippen LogP contribution in [0.15, 0.2) is 72.8 Å². The lowest BCUT2D eigenvalue weighted by molar-refractivity contribution is 0.551. The van der Waals surface area contributed by atoms with E-state index in [0.29, 0.717) is 0 Å². The van der Waals surface area contributed by atoms with E-state index in [9.17, 15) is 0 Å². The van der Waals surface area contributed by atoms with Crippen molar-refractivity contribution in [3.63, 3.8) is 0 Å². The molecular formula is C23H21N. The van der Waals surface area contributed by atoms with Crippen molar-refractivity contribution in [2.75, 3.05) is 5.32 Å². The van der Waals surface area contributed by atoms with Crippen LogP contribution in [0.1, 0.15) is 36.8 Å². The number of hydrogen-bond donors (Lipinski definition) is 1. The Balaban J connectivity index is 1.72. The van der Waals surface area contributed by atoms with Crippen LogP contribution < -0.4 is 5.32 Å². The third-order valence-electron chi connectivity index (χ3n) is 5.79. The molecule has 0 radical (unpaired) electrons. The van der Waals surface area contributed by atoms with E-state index in [1.165, 1.54) is 48.1 Å². The maximum absolute atomic E-state index is 3.69. The molecule has 0 amide bonds. The van der Waals surface area contributed by atoms with E-state index in [2.05, 4.69) is 78.1 Å². The molecule has 2 aliphatic carbocycles. The number of fused-ring (bicyclic) bond motifs is 5. The van der Waals surface area contributed by atoms with Gasteiger partial charge in [-0.3, -0.25) is 0 Å². The predicted octanol–water partition coefficient (Wildman–Crippen LogP) is 6.27. The Morgan fingerprint density at radius 1 is 0.667 bits per heavy atom. The van der Waals surface area contributed by atoms with Gasteiger partial charge in [-0.2, -0.15) is 0 Å². The molecule has 1 nitrogen and oxygen atoms in total. The Morgan fingerprint density at radius 2 is 1.38 bits per heavy atom. The molecule has 1 N–H and O–H groups in total. The molecule has 24 heavy (non-hydrogen) atoms. The number of hydrogen-bond acceptors (Lipinski definition) is 1. The number of rotatable bonds is 2. The zero-order valence-electron chi connectivity index (χ0n) is 13.8. The molecule has 1 fully saturated rings. The number of benzene rings is 3. The fourth-order valence-electron chi connectivity index (χ4n) is 4.84. The van der Waals surface area contributed by atoms with Gasteiger partial charge >= 0.3 is 0 Å². The standard InChI is InChI=1S/C23H21N/c1-2-9-17(10-3-1)24-21-14-8-12-19-18-11-4-5-13-20(18)23(22(19)21)15-6-7-16-23/h1-5,8-14,24H,6-7,15-16H2. The van der Waals surface area contributed by atoms with Crippen molar-refractivity contribution in [3.8, 4) is 11.1 Å². The SMILES string of the molecule is c1ccc(Nc2cccc3c2C2(CCCC2)c2ccccc2-3)cc1. The zero-order valence-corrected chi connectivity index (χ0v) is 13.8. The van der Waals surface area contributed by atoms with Crippen molar-refractivity contribution in [1.29, 1.82) is 0 Å². The minimum Gasteiger partial charge on any atom is -0.355 e. The highest BCUT2D eigenvalue weighted by atomic mass is 14.9. The molecular weight excluding hydrogens is 290 g/mol. The third kappa shape index (κ3) is 1.88. The van der Waals surface area contributed by atoms with Crippen molar-refractivity contribution < 1.29 is 0 Å². The van der Waals surface area contributed by atoms with Gasteiger partial charge in [-0.15, -0.1) is 0 Å². The summed E-state index contributed by atoms with van der Waals surface area (Å²) >= 11 is 0. The van der Waals surface area contributed by atoms with Crippen molar-refractivity contribution in [2.24, 2.45) is 0 Å². The van der Waals surface area contributed by atoms with Gasteiger partial charge in [0, 0.05) is 16.8 Å². The normalized spacial score (nSPS) is 16.8. The van der Waals surface area contributed by atoms with Gasteiger partial charge in [-0.1, -0.05) is 67.4 Å². The molecule has 118 valence electrons. The molecule has 0 aromatic heterocycles. The Kier molecular flexibility index (Phi) is 3.02. The number of anilines is 2. The lowest BCUT2D eigenvalue weighted by Gasteiger charge is -2.29. The van der Waals surface area contributed by atoms with Crippen LogP contribution in [0.25, 0.3) is 11.1 Å². The summed E-state index contributed by atoms with van der Waals surface area (Å²) in [6.45, 7) is 0. The molecule has 0 heterocycles. The summed E-state index contributed by atoms with van der Waals surface area (Å²) in [4.78, 5) is 0. The van der Waals surface area contributed by atoms with E-state index in [4.69, 9.17) is 0 Å². The molecule has 0 bridgehead atoms. The molecule has 1 saturated carbocycles. The van der Waals surface area contributed by atoms with Crippen LogP contribution in [0.4, 0.5) is 11.4 Å². The molecule has 0 aliphatic heterocycles. The van der Waals surface area contributed by atoms with E-state index in [0.717, 1.165) is 5.69 Å². The summed E-state index contributed by atoms with van der Waals surface area (Å²) in [6.07, 6.45) is 5.19. The second-order valence-electron chi connectivity index (χ2n) is 7.05. The van der Waals surface area contributed by atoms with Crippen LogP contribution >= 0.6 is 0 Å². The third-order valence-corrected chi connectivity index (χ3v) is 5.79. The molecule has 0 saturated heterocycles. The highest BCUT2D eigenvalue weighted by molar-refractivity contribution is 5.87. The molecule has 3 aromatic rings. The van der Waals surface area contributed by atoms with Crippen molar-refractivity contribution in [2.45, 2.75) is 31.1 Å². The largest absolute Gasteiger partial charge is 0.355 e. The zero-order chi connectivity index (χ0) is 16.0. The second-order valence-corrected chi connectivity index (χ2v) is 7.05. The van der Waals surface area contributed by atoms with E-state index >= 15 is 0 Å². The summed E-state index contributed by atoms with van der Waals surface area (Å²) < 4.78 is 0. The molecule has 5 rings (SSSR count). The quantitative estimate of drug-likeness (QED) is 0.588. The lowest BCUT2D eigenvalue weighted by atomic mass is 9.76. The molecule has 3 aromatic carbocycles. The van der Waals surface area contributed by atoms with Crippen LogP contribution in [0, 0.1) is 0 Å². The maximum Gasteiger partial charge on any atom is 0.0432 e. The Labute approximate surface area is 143 Å². The highest BCUT2D eigenvalue weighted by Gasteiger charge is 2.46. The number of para-hydroxylation sites is 1. The molecule has 0 unspecified atom stereocenters. The summed E-state index contributed by atoms with van der Waals surface area (Å²) in [7, 11) is 0. The fraction of sp³-hybridized carbons (Fsp3) is 0.217. The molecule has 1 spiro atoms. The van der Waals surface area contributed by atoms with Gasteiger partial charge in [-0.05, 0) is 53.3 Å². The average molecular weight is 311 g/mol. The summed E-state index contributed by atoms with van der Waals surface area (Å²) in [5.41, 5.74) is 8.57. The van der Waals surface area contributed by atoms with Crippen molar-refractivity contribution in [3.05, 3.63) is 83.9 Å². The lowest BCUT2D eigenvalue weighted by Crippen LogP contribution is -2.21. The summed E-state index contributed by atoms with van der Waals surface area (Å²) in [5.74, 6) is 0. The number of nitrogens with one attached hydrogen (secondary N) is 1. The van der Waals surface area contributed by atoms with E-state index in [-0.39, 0.29) is 5.41 Å². The smallest absolute Gasteiger partial charge is 0.0432 e. The van der Waals surface area contributed by atoms with Crippen molar-refractivity contribution >= 4 is 11.4 Å². The minimum atomic E-state index is 0.213. The predicted molar refractivity (Wildman–Crippen MR) is 101 cm³/mol. The summed E-state index contributed by atoms with van der Waals surface area (Å²) in [6, 6.07) is 26.3. The molecule has 2 aliphatic rings. The first-order chi connectivity index (χ1) is 11.9. The van der Waals surface area contributed by atoms with Crippen LogP contribution in [0.2, 0.25) is 0 Å². The van der Waals surface area contributed by atoms with Crippen LogP contribution in [-0.2, 0) is 5.41 Å². The topological polar surface area (TPSA) is 12.0 Å². The summed E-state index contributed by atoms with van der Waals surface area (Å²) in [5, 5.41) is 3.69. The van der Waals surface area contributed by atoms with Gasteiger partial charge in [0.15, 0.2) is 0 Å². The van der Waals surface area contributed by atoms with E-state index in [1.807, 2.05) is 0 Å². The second kappa shape index (κ2) is 5.24. The van der Waals surface area contributed by atoms with Gasteiger partial charge in [0.2, 0.25) is 0 Å². The van der Waals surface area contributed by atoms with Gasteiger partial charge in [0.05, 0.1) is 0 Å². The molecule has 0 atom stereocenters. The fourth-order valence-corrected chi connectivity index (χ4v) is 4.84. The van der Waals surface area contributed by atoms with Gasteiger partial charge < -0.3 is 5.32 Å². The monoisotopic (exact) mass is 311 g/mol. The molecule has 1 heteroatoms. The Morgan fingerprint density at radius 3 is 2.21 bits per heavy atom. The van der Waals surface area contributed by atoms with Crippen LogP contribution in [-0.4, -0.2) is 0 Å². The first-order valence-electron chi connectivity index (χ1n) is 8.94. The van der Waals surface area contributed by atoms with Crippen LogP contribution in [0.5, 0.6) is 0 Å². The highest BCUT2D eigenvalue weighted by Crippen LogP contribution is 2.58. The van der Waals surface area contributed by atoms with Gasteiger partial charge in [0.1, 0.15) is 0 Å². The average Bonchev–Trinajstić information content (AvgIpc) is 3.23. The Hall–Kier alpha value is -2.54. The first kappa shape index (κ1) is 13.9.